The monoisotopic (exact) mass is 317 g/mol. The van der Waals surface area contributed by atoms with E-state index in [1.807, 2.05) is 0 Å². The third-order valence-electron chi connectivity index (χ3n) is 3.67. The van der Waals surface area contributed by atoms with Gasteiger partial charge in [-0.05, 0) is 13.0 Å². The lowest BCUT2D eigenvalue weighted by Crippen LogP contribution is -2.49. The van der Waals surface area contributed by atoms with E-state index in [4.69, 9.17) is 5.73 Å². The molecule has 0 aliphatic carbocycles. The Morgan fingerprint density at radius 2 is 2.18 bits per heavy atom. The number of nitrogens with zero attached hydrogens (tertiary/aromatic N) is 2. The molecular weight excluding hydrogens is 302 g/mol. The Bertz CT molecular complexity index is 730. The molecule has 1 aromatic rings. The maximum Gasteiger partial charge on any atom is 0.265 e. The molecule has 0 saturated carbocycles. The van der Waals surface area contributed by atoms with Crippen molar-refractivity contribution < 1.29 is 14.7 Å². The molecule has 1 aromatic carbocycles. The number of carbonyl (C=O) groups excluding carboxylic acids is 2. The average Bonchev–Trinajstić information content (AvgIpc) is 2.91. The summed E-state index contributed by atoms with van der Waals surface area (Å²) in [6, 6.07) is 6.88. The standard InChI is InChI=1S/C15H15N3O3S/c1-8(2)7-18-10-6-4-3-5-9(10)15(21,13(18)20)11-12(19)17-14(16)22-11/h3-6,11,21H,1,7H2,2H3,(H2,16,17,19)/t11-,15-/m1/s1. The van der Waals surface area contributed by atoms with Gasteiger partial charge >= 0.3 is 0 Å². The quantitative estimate of drug-likeness (QED) is 0.802. The zero-order chi connectivity index (χ0) is 16.1. The van der Waals surface area contributed by atoms with Crippen molar-refractivity contribution in [2.75, 3.05) is 11.4 Å². The van der Waals surface area contributed by atoms with E-state index < -0.39 is 22.7 Å². The fourth-order valence-electron chi connectivity index (χ4n) is 2.77. The highest BCUT2D eigenvalue weighted by molar-refractivity contribution is 8.15. The molecule has 0 unspecified atom stereocenters. The molecule has 7 heteroatoms. The number of para-hydroxylation sites is 1. The fraction of sp³-hybridized carbons (Fsp3) is 0.267. The van der Waals surface area contributed by atoms with Crippen LogP contribution in [0.25, 0.3) is 0 Å². The molecule has 0 radical (unpaired) electrons. The van der Waals surface area contributed by atoms with Crippen molar-refractivity contribution in [2.24, 2.45) is 10.7 Å². The number of anilines is 1. The minimum absolute atomic E-state index is 0.0621. The summed E-state index contributed by atoms with van der Waals surface area (Å²) >= 11 is 0.916. The number of nitrogens with two attached hydrogens (primary N) is 1. The third kappa shape index (κ3) is 1.97. The van der Waals surface area contributed by atoms with Crippen molar-refractivity contribution in [1.29, 1.82) is 0 Å². The SMILES string of the molecule is C=C(C)CN1C(=O)[C@](O)([C@@H]2SC(N)=NC2=O)c2ccccc21. The van der Waals surface area contributed by atoms with Crippen LogP contribution < -0.4 is 10.6 Å². The summed E-state index contributed by atoms with van der Waals surface area (Å²) in [5.74, 6) is -1.14. The summed E-state index contributed by atoms with van der Waals surface area (Å²) < 4.78 is 0. The number of fused-ring (bicyclic) bond motifs is 1. The van der Waals surface area contributed by atoms with Gasteiger partial charge in [0.25, 0.3) is 11.8 Å². The Kier molecular flexibility index (Phi) is 3.34. The topological polar surface area (TPSA) is 96.0 Å². The van der Waals surface area contributed by atoms with E-state index >= 15 is 0 Å². The Balaban J connectivity index is 2.11. The van der Waals surface area contributed by atoms with Gasteiger partial charge in [0.15, 0.2) is 10.8 Å². The zero-order valence-corrected chi connectivity index (χ0v) is 12.8. The molecule has 22 heavy (non-hydrogen) atoms. The third-order valence-corrected chi connectivity index (χ3v) is 4.78. The number of benzene rings is 1. The second-order valence-corrected chi connectivity index (χ2v) is 6.54. The zero-order valence-electron chi connectivity index (χ0n) is 11.9. The first-order valence-electron chi connectivity index (χ1n) is 6.68. The van der Waals surface area contributed by atoms with E-state index in [1.54, 1.807) is 31.2 Å². The molecule has 0 bridgehead atoms. The summed E-state index contributed by atoms with van der Waals surface area (Å²) in [5.41, 5.74) is 5.36. The summed E-state index contributed by atoms with van der Waals surface area (Å²) in [7, 11) is 0. The number of aliphatic hydroxyl groups is 1. The molecule has 0 fully saturated rings. The van der Waals surface area contributed by atoms with Crippen LogP contribution in [-0.4, -0.2) is 33.9 Å². The van der Waals surface area contributed by atoms with Gasteiger partial charge in [0, 0.05) is 12.1 Å². The second kappa shape index (κ2) is 4.96. The molecule has 2 atom stereocenters. The molecule has 0 aromatic heterocycles. The van der Waals surface area contributed by atoms with E-state index in [-0.39, 0.29) is 11.7 Å². The number of carbonyl (C=O) groups is 2. The molecule has 2 heterocycles. The lowest BCUT2D eigenvalue weighted by atomic mass is 9.91. The molecule has 2 aliphatic heterocycles. The minimum atomic E-state index is -1.96. The number of thioether (sulfide) groups is 1. The first kappa shape index (κ1) is 14.8. The molecular formula is C15H15N3O3S. The average molecular weight is 317 g/mol. The van der Waals surface area contributed by atoms with Gasteiger partial charge < -0.3 is 15.7 Å². The lowest BCUT2D eigenvalue weighted by molar-refractivity contribution is -0.140. The van der Waals surface area contributed by atoms with Gasteiger partial charge in [-0.2, -0.15) is 4.99 Å². The smallest absolute Gasteiger partial charge is 0.265 e. The number of amidine groups is 1. The normalized spacial score (nSPS) is 27.1. The van der Waals surface area contributed by atoms with Crippen molar-refractivity contribution in [3.8, 4) is 0 Å². The molecule has 3 N–H and O–H groups in total. The van der Waals surface area contributed by atoms with Crippen LogP contribution in [0.1, 0.15) is 12.5 Å². The van der Waals surface area contributed by atoms with Gasteiger partial charge in [0.05, 0.1) is 5.69 Å². The van der Waals surface area contributed by atoms with Gasteiger partial charge in [0.1, 0.15) is 5.25 Å². The van der Waals surface area contributed by atoms with E-state index in [0.717, 1.165) is 17.3 Å². The highest BCUT2D eigenvalue weighted by atomic mass is 32.2. The number of aliphatic imine (C=N–C) groups is 1. The summed E-state index contributed by atoms with van der Waals surface area (Å²) in [4.78, 5) is 29.9. The van der Waals surface area contributed by atoms with E-state index in [0.29, 0.717) is 11.3 Å². The van der Waals surface area contributed by atoms with E-state index in [2.05, 4.69) is 11.6 Å². The van der Waals surface area contributed by atoms with Crippen LogP contribution in [0.4, 0.5) is 5.69 Å². The van der Waals surface area contributed by atoms with Crippen LogP contribution in [0.15, 0.2) is 41.4 Å². The van der Waals surface area contributed by atoms with E-state index in [9.17, 15) is 14.7 Å². The van der Waals surface area contributed by atoms with Gasteiger partial charge in [-0.1, -0.05) is 42.1 Å². The summed E-state index contributed by atoms with van der Waals surface area (Å²) in [6.07, 6.45) is 0. The van der Waals surface area contributed by atoms with Gasteiger partial charge in [-0.15, -0.1) is 0 Å². The lowest BCUT2D eigenvalue weighted by Gasteiger charge is -2.26. The summed E-state index contributed by atoms with van der Waals surface area (Å²) in [5, 5.41) is 10.1. The number of amides is 2. The summed E-state index contributed by atoms with van der Waals surface area (Å²) in [6.45, 7) is 5.88. The first-order chi connectivity index (χ1) is 10.4. The van der Waals surface area contributed by atoms with Crippen LogP contribution in [0, 0.1) is 0 Å². The predicted molar refractivity (Wildman–Crippen MR) is 85.5 cm³/mol. The maximum absolute atomic E-state index is 12.8. The number of hydrogen-bond acceptors (Lipinski definition) is 5. The maximum atomic E-state index is 12.8. The molecule has 0 spiro atoms. The highest BCUT2D eigenvalue weighted by Crippen LogP contribution is 2.47. The van der Waals surface area contributed by atoms with Crippen LogP contribution in [0.5, 0.6) is 0 Å². The van der Waals surface area contributed by atoms with Crippen molar-refractivity contribution in [3.63, 3.8) is 0 Å². The van der Waals surface area contributed by atoms with E-state index in [1.165, 1.54) is 4.90 Å². The van der Waals surface area contributed by atoms with Crippen LogP contribution >= 0.6 is 11.8 Å². The Hall–Kier alpha value is -2.12. The number of rotatable bonds is 3. The van der Waals surface area contributed by atoms with Crippen molar-refractivity contribution in [2.45, 2.75) is 17.8 Å². The second-order valence-electron chi connectivity index (χ2n) is 5.42. The Morgan fingerprint density at radius 1 is 1.50 bits per heavy atom. The minimum Gasteiger partial charge on any atom is -0.378 e. The largest absolute Gasteiger partial charge is 0.378 e. The van der Waals surface area contributed by atoms with Crippen LogP contribution in [-0.2, 0) is 15.2 Å². The fourth-order valence-corrected chi connectivity index (χ4v) is 3.71. The van der Waals surface area contributed by atoms with Gasteiger partial charge in [-0.3, -0.25) is 9.59 Å². The van der Waals surface area contributed by atoms with Gasteiger partial charge in [0.2, 0.25) is 0 Å². The number of hydrogen-bond donors (Lipinski definition) is 2. The molecule has 2 amide bonds. The predicted octanol–water partition coefficient (Wildman–Crippen LogP) is 0.754. The van der Waals surface area contributed by atoms with Crippen molar-refractivity contribution >= 4 is 34.4 Å². The van der Waals surface area contributed by atoms with Crippen molar-refractivity contribution in [3.05, 3.63) is 42.0 Å². The molecule has 3 rings (SSSR count). The molecule has 2 aliphatic rings. The molecule has 6 nitrogen and oxygen atoms in total. The van der Waals surface area contributed by atoms with Gasteiger partial charge in [-0.25, -0.2) is 0 Å². The Labute approximate surface area is 131 Å². The highest BCUT2D eigenvalue weighted by Gasteiger charge is 2.59. The first-order valence-corrected chi connectivity index (χ1v) is 7.56. The molecule has 0 saturated heterocycles. The van der Waals surface area contributed by atoms with Crippen molar-refractivity contribution in [1.82, 2.24) is 0 Å². The van der Waals surface area contributed by atoms with Crippen LogP contribution in [0.2, 0.25) is 0 Å². The molecule has 114 valence electrons. The van der Waals surface area contributed by atoms with Crippen LogP contribution in [0.3, 0.4) is 0 Å². The Morgan fingerprint density at radius 3 is 2.77 bits per heavy atom.